The molecule has 1 unspecified atom stereocenters. The molecule has 0 aliphatic carbocycles. The van der Waals surface area contributed by atoms with E-state index in [4.69, 9.17) is 9.47 Å². The van der Waals surface area contributed by atoms with Crippen LogP contribution in [0.15, 0.2) is 75.9 Å². The number of carbonyl (C=O) groups excluding carboxylic acids is 2. The summed E-state index contributed by atoms with van der Waals surface area (Å²) in [7, 11) is 1.58. The summed E-state index contributed by atoms with van der Waals surface area (Å²) in [6.07, 6.45) is 0.0664. The minimum atomic E-state index is -0.533. The Labute approximate surface area is 207 Å². The third kappa shape index (κ3) is 5.40. The average molecular weight is 496 g/mol. The van der Waals surface area contributed by atoms with Crippen LogP contribution < -0.4 is 10.1 Å². The van der Waals surface area contributed by atoms with Gasteiger partial charge in [0.05, 0.1) is 37.4 Å². The summed E-state index contributed by atoms with van der Waals surface area (Å²) >= 11 is 1.40. The van der Waals surface area contributed by atoms with Crippen LogP contribution in [0.3, 0.4) is 0 Å². The number of ether oxygens (including phenoxy) is 2. The van der Waals surface area contributed by atoms with E-state index in [-0.39, 0.29) is 31.3 Å². The molecule has 0 spiro atoms. The van der Waals surface area contributed by atoms with Crippen molar-refractivity contribution >= 4 is 28.8 Å². The van der Waals surface area contributed by atoms with E-state index in [1.165, 1.54) is 23.9 Å². The lowest BCUT2D eigenvalue weighted by Gasteiger charge is -2.36. The van der Waals surface area contributed by atoms with Crippen molar-refractivity contribution in [2.24, 2.45) is 4.99 Å². The Balaban J connectivity index is 1.61. The van der Waals surface area contributed by atoms with Crippen LogP contribution in [0.4, 0.5) is 4.39 Å². The first-order valence-corrected chi connectivity index (χ1v) is 12.1. The van der Waals surface area contributed by atoms with Gasteiger partial charge in [0, 0.05) is 12.2 Å². The van der Waals surface area contributed by atoms with Crippen LogP contribution in [0.5, 0.6) is 5.75 Å². The van der Waals surface area contributed by atoms with Crippen LogP contribution in [0.25, 0.3) is 0 Å². The number of hydrogen-bond donors (Lipinski definition) is 1. The maximum absolute atomic E-state index is 13.5. The molecule has 7 nitrogen and oxygen atoms in total. The lowest BCUT2D eigenvalue weighted by atomic mass is 9.93. The molecule has 0 bridgehead atoms. The molecule has 4 rings (SSSR count). The molecule has 2 aliphatic rings. The highest BCUT2D eigenvalue weighted by molar-refractivity contribution is 8.16. The Morgan fingerprint density at radius 2 is 2.00 bits per heavy atom. The number of amidine groups is 1. The topological polar surface area (TPSA) is 80.2 Å². The maximum Gasteiger partial charge on any atom is 0.338 e. The van der Waals surface area contributed by atoms with E-state index < -0.39 is 12.0 Å². The van der Waals surface area contributed by atoms with Gasteiger partial charge in [-0.2, -0.15) is 0 Å². The number of halogens is 1. The number of methoxy groups -OCH3 is 1. The van der Waals surface area contributed by atoms with Crippen LogP contribution >= 0.6 is 11.8 Å². The third-order valence-electron chi connectivity index (χ3n) is 5.63. The van der Waals surface area contributed by atoms with Crippen LogP contribution in [0.1, 0.15) is 37.4 Å². The zero-order chi connectivity index (χ0) is 24.9. The number of thioether (sulfide) groups is 1. The lowest BCUT2D eigenvalue weighted by Crippen LogP contribution is -2.38. The number of nitrogens with zero attached hydrogens (tertiary/aromatic N) is 2. The molecule has 1 N–H and O–H groups in total. The van der Waals surface area contributed by atoms with Crippen molar-refractivity contribution < 1.29 is 23.5 Å². The quantitative estimate of drug-likeness (QED) is 0.536. The van der Waals surface area contributed by atoms with Gasteiger partial charge in [-0.25, -0.2) is 14.2 Å². The second-order valence-electron chi connectivity index (χ2n) is 7.97. The highest BCUT2D eigenvalue weighted by Crippen LogP contribution is 2.45. The predicted octanol–water partition coefficient (Wildman–Crippen LogP) is 4.68. The summed E-state index contributed by atoms with van der Waals surface area (Å²) in [5.74, 6) is -0.378. The van der Waals surface area contributed by atoms with Crippen molar-refractivity contribution in [1.29, 1.82) is 0 Å². The highest BCUT2D eigenvalue weighted by Gasteiger charge is 2.41. The Morgan fingerprint density at radius 3 is 2.74 bits per heavy atom. The Bertz CT molecular complexity index is 1240. The van der Waals surface area contributed by atoms with Crippen molar-refractivity contribution in [3.8, 4) is 5.75 Å². The molecular weight excluding hydrogens is 469 g/mol. The fraction of sp³-hybridized carbons (Fsp3) is 0.269. The number of aliphatic imine (C=N–C) groups is 1. The summed E-state index contributed by atoms with van der Waals surface area (Å²) < 4.78 is 24.2. The predicted molar refractivity (Wildman–Crippen MR) is 133 cm³/mol. The molecule has 35 heavy (non-hydrogen) atoms. The number of fused-ring (bicyclic) bond motifs is 1. The van der Waals surface area contributed by atoms with Crippen LogP contribution in [-0.4, -0.2) is 35.7 Å². The molecular formula is C26H26FN3O4S. The van der Waals surface area contributed by atoms with Gasteiger partial charge in [-0.3, -0.25) is 4.79 Å². The summed E-state index contributed by atoms with van der Waals surface area (Å²) in [5, 5.41) is 5.39. The number of hydrogen-bond acceptors (Lipinski definition) is 7. The van der Waals surface area contributed by atoms with E-state index in [1.54, 1.807) is 33.1 Å². The van der Waals surface area contributed by atoms with Gasteiger partial charge >= 0.3 is 5.97 Å². The van der Waals surface area contributed by atoms with Gasteiger partial charge in [-0.1, -0.05) is 36.0 Å². The molecule has 9 heteroatoms. The Kier molecular flexibility index (Phi) is 7.55. The molecule has 0 saturated carbocycles. The molecule has 0 radical (unpaired) electrons. The molecule has 2 aromatic carbocycles. The summed E-state index contributed by atoms with van der Waals surface area (Å²) in [4.78, 5) is 32.4. The second-order valence-corrected chi connectivity index (χ2v) is 8.81. The molecule has 0 fully saturated rings. The van der Waals surface area contributed by atoms with Crippen molar-refractivity contribution in [3.63, 3.8) is 0 Å². The minimum absolute atomic E-state index is 0.0664. The molecule has 2 aromatic rings. The second kappa shape index (κ2) is 10.8. The van der Waals surface area contributed by atoms with Crippen molar-refractivity contribution in [2.45, 2.75) is 32.9 Å². The molecule has 1 atom stereocenters. The maximum atomic E-state index is 13.5. The monoisotopic (exact) mass is 495 g/mol. The van der Waals surface area contributed by atoms with Crippen LogP contribution in [-0.2, 0) is 20.9 Å². The number of allylic oxidation sites excluding steroid dienone is 1. The number of benzene rings is 2. The van der Waals surface area contributed by atoms with Crippen LogP contribution in [0.2, 0.25) is 0 Å². The first kappa shape index (κ1) is 24.5. The Morgan fingerprint density at radius 1 is 1.20 bits per heavy atom. The van der Waals surface area contributed by atoms with Gasteiger partial charge in [0.2, 0.25) is 5.91 Å². The normalized spacial score (nSPS) is 16.9. The van der Waals surface area contributed by atoms with E-state index in [2.05, 4.69) is 10.3 Å². The third-order valence-corrected chi connectivity index (χ3v) is 6.51. The summed E-state index contributed by atoms with van der Waals surface area (Å²) in [6.45, 7) is 3.99. The number of rotatable bonds is 8. The van der Waals surface area contributed by atoms with Crippen molar-refractivity contribution in [3.05, 3.63) is 87.9 Å². The molecule has 2 aliphatic heterocycles. The average Bonchev–Trinajstić information content (AvgIpc) is 3.23. The number of esters is 1. The standard InChI is InChI=1S/C26H26FN3O4S/c1-4-34-25(32)23-16(2)29-26-30(24(23)18-8-6-10-21(12-18)33-3)20(15-35-26)13-22(31)28-14-17-7-5-9-19(27)11-17/h5-12,15,24H,4,13-14H2,1-3H3,(H,28,31). The van der Waals surface area contributed by atoms with E-state index in [0.717, 1.165) is 5.56 Å². The van der Waals surface area contributed by atoms with Gasteiger partial charge < -0.3 is 19.7 Å². The zero-order valence-electron chi connectivity index (χ0n) is 19.7. The number of nitrogens with one attached hydrogen (secondary N) is 1. The van der Waals surface area contributed by atoms with Crippen molar-refractivity contribution in [1.82, 2.24) is 10.2 Å². The fourth-order valence-corrected chi connectivity index (χ4v) is 5.01. The largest absolute Gasteiger partial charge is 0.497 e. The van der Waals surface area contributed by atoms with Gasteiger partial charge in [0.15, 0.2) is 5.17 Å². The highest BCUT2D eigenvalue weighted by atomic mass is 32.2. The molecule has 182 valence electrons. The lowest BCUT2D eigenvalue weighted by molar-refractivity contribution is -0.139. The van der Waals surface area contributed by atoms with E-state index in [9.17, 15) is 14.0 Å². The molecule has 0 saturated heterocycles. The van der Waals surface area contributed by atoms with Gasteiger partial charge in [0.1, 0.15) is 11.6 Å². The van der Waals surface area contributed by atoms with E-state index in [0.29, 0.717) is 33.4 Å². The van der Waals surface area contributed by atoms with E-state index in [1.807, 2.05) is 34.6 Å². The minimum Gasteiger partial charge on any atom is -0.497 e. The molecule has 1 amide bonds. The van der Waals surface area contributed by atoms with Crippen molar-refractivity contribution in [2.75, 3.05) is 13.7 Å². The van der Waals surface area contributed by atoms with E-state index >= 15 is 0 Å². The first-order chi connectivity index (χ1) is 16.9. The molecule has 2 heterocycles. The zero-order valence-corrected chi connectivity index (χ0v) is 20.5. The Hall–Kier alpha value is -3.59. The van der Waals surface area contributed by atoms with Gasteiger partial charge in [0.25, 0.3) is 0 Å². The summed E-state index contributed by atoms with van der Waals surface area (Å²) in [6, 6.07) is 13.0. The number of amides is 1. The summed E-state index contributed by atoms with van der Waals surface area (Å²) in [5.41, 5.74) is 3.17. The van der Waals surface area contributed by atoms with Gasteiger partial charge in [-0.05, 0) is 54.6 Å². The fourth-order valence-electron chi connectivity index (χ4n) is 4.04. The first-order valence-electron chi connectivity index (χ1n) is 11.2. The SMILES string of the molecule is CCOC(=O)C1=C(C)N=C2SC=C(CC(=O)NCc3cccc(F)c3)N2C1c1cccc(OC)c1. The number of carbonyl (C=O) groups is 2. The molecule has 0 aromatic heterocycles. The van der Waals surface area contributed by atoms with Crippen LogP contribution in [0, 0.1) is 5.82 Å². The smallest absolute Gasteiger partial charge is 0.338 e. The van der Waals surface area contributed by atoms with Gasteiger partial charge in [-0.15, -0.1) is 0 Å².